The summed E-state index contributed by atoms with van der Waals surface area (Å²) in [5.41, 5.74) is 2.61. The Balaban J connectivity index is 2.17. The van der Waals surface area contributed by atoms with Gasteiger partial charge in [0.25, 0.3) is 0 Å². The quantitative estimate of drug-likeness (QED) is 0.814. The zero-order valence-electron chi connectivity index (χ0n) is 9.89. The van der Waals surface area contributed by atoms with E-state index in [1.54, 1.807) is 6.33 Å². The first-order valence-electron chi connectivity index (χ1n) is 5.40. The van der Waals surface area contributed by atoms with Crippen LogP contribution in [0.4, 0.5) is 5.82 Å². The summed E-state index contributed by atoms with van der Waals surface area (Å²) in [5, 5.41) is 0. The van der Waals surface area contributed by atoms with Crippen LogP contribution in [-0.2, 0) is 6.54 Å². The number of benzene rings is 1. The third kappa shape index (κ3) is 3.03. The Hall–Kier alpha value is -1.42. The summed E-state index contributed by atoms with van der Waals surface area (Å²) in [5.74, 6) is 0.912. The number of aryl methyl sites for hydroxylation is 1. The fourth-order valence-electron chi connectivity index (χ4n) is 1.66. The first kappa shape index (κ1) is 12.0. The molecule has 0 unspecified atom stereocenters. The predicted octanol–water partition coefficient (Wildman–Crippen LogP) is 3.18. The van der Waals surface area contributed by atoms with Gasteiger partial charge in [-0.05, 0) is 34.0 Å². The molecule has 0 saturated carbocycles. The van der Waals surface area contributed by atoms with E-state index in [0.29, 0.717) is 0 Å². The van der Waals surface area contributed by atoms with E-state index in [4.69, 9.17) is 0 Å². The highest BCUT2D eigenvalue weighted by atomic mass is 79.9. The van der Waals surface area contributed by atoms with Gasteiger partial charge in [0.15, 0.2) is 0 Å². The van der Waals surface area contributed by atoms with Crippen molar-refractivity contribution in [3.63, 3.8) is 0 Å². The van der Waals surface area contributed by atoms with Gasteiger partial charge in [-0.2, -0.15) is 0 Å². The van der Waals surface area contributed by atoms with Crippen molar-refractivity contribution >= 4 is 21.7 Å². The number of anilines is 1. The Labute approximate surface area is 110 Å². The molecule has 0 fully saturated rings. The van der Waals surface area contributed by atoms with Gasteiger partial charge in [-0.1, -0.05) is 24.3 Å². The number of nitrogens with zero attached hydrogens (tertiary/aromatic N) is 3. The molecule has 0 radical (unpaired) electrons. The zero-order chi connectivity index (χ0) is 12.3. The normalized spacial score (nSPS) is 10.3. The molecule has 0 atom stereocenters. The maximum Gasteiger partial charge on any atom is 0.133 e. The molecule has 1 heterocycles. The molecule has 0 spiro atoms. The average molecular weight is 292 g/mol. The van der Waals surface area contributed by atoms with E-state index in [1.165, 1.54) is 11.1 Å². The van der Waals surface area contributed by atoms with Crippen molar-refractivity contribution in [2.24, 2.45) is 0 Å². The van der Waals surface area contributed by atoms with Crippen molar-refractivity contribution < 1.29 is 0 Å². The molecule has 0 aliphatic rings. The summed E-state index contributed by atoms with van der Waals surface area (Å²) in [6.45, 7) is 2.97. The molecule has 3 nitrogen and oxygen atoms in total. The minimum Gasteiger partial charge on any atom is -0.355 e. The van der Waals surface area contributed by atoms with Crippen LogP contribution in [0, 0.1) is 6.92 Å². The topological polar surface area (TPSA) is 29.0 Å². The molecule has 0 amide bonds. The average Bonchev–Trinajstić information content (AvgIpc) is 2.32. The highest BCUT2D eigenvalue weighted by Crippen LogP contribution is 2.17. The van der Waals surface area contributed by atoms with E-state index in [2.05, 4.69) is 62.0 Å². The molecule has 0 N–H and O–H groups in total. The van der Waals surface area contributed by atoms with Crippen LogP contribution in [0.5, 0.6) is 0 Å². The second-order valence-corrected chi connectivity index (χ2v) is 4.79. The van der Waals surface area contributed by atoms with Crippen molar-refractivity contribution in [1.29, 1.82) is 0 Å². The lowest BCUT2D eigenvalue weighted by atomic mass is 10.1. The zero-order valence-corrected chi connectivity index (χ0v) is 11.5. The van der Waals surface area contributed by atoms with Crippen LogP contribution in [0.15, 0.2) is 41.3 Å². The van der Waals surface area contributed by atoms with Gasteiger partial charge in [0, 0.05) is 19.7 Å². The van der Waals surface area contributed by atoms with Gasteiger partial charge in [-0.3, -0.25) is 0 Å². The van der Waals surface area contributed by atoms with E-state index in [9.17, 15) is 0 Å². The van der Waals surface area contributed by atoms with Gasteiger partial charge in [0.1, 0.15) is 16.7 Å². The standard InChI is InChI=1S/C13H14BrN3/c1-10-5-3-4-6-11(10)8-17(2)13-7-12(14)15-9-16-13/h3-7,9H,8H2,1-2H3. The van der Waals surface area contributed by atoms with Gasteiger partial charge in [-0.15, -0.1) is 0 Å². The Kier molecular flexibility index (Phi) is 3.74. The lowest BCUT2D eigenvalue weighted by Crippen LogP contribution is -2.18. The Morgan fingerprint density at radius 3 is 2.71 bits per heavy atom. The molecular weight excluding hydrogens is 278 g/mol. The van der Waals surface area contributed by atoms with Crippen molar-refractivity contribution in [1.82, 2.24) is 9.97 Å². The largest absolute Gasteiger partial charge is 0.355 e. The van der Waals surface area contributed by atoms with E-state index in [0.717, 1.165) is 17.0 Å². The third-order valence-corrected chi connectivity index (χ3v) is 3.11. The van der Waals surface area contributed by atoms with Gasteiger partial charge in [0.2, 0.25) is 0 Å². The van der Waals surface area contributed by atoms with Gasteiger partial charge < -0.3 is 4.90 Å². The molecule has 2 rings (SSSR count). The van der Waals surface area contributed by atoms with Crippen LogP contribution in [0.1, 0.15) is 11.1 Å². The summed E-state index contributed by atoms with van der Waals surface area (Å²) in [7, 11) is 2.03. The van der Waals surface area contributed by atoms with E-state index < -0.39 is 0 Å². The number of hydrogen-bond acceptors (Lipinski definition) is 3. The molecule has 1 aromatic heterocycles. The number of rotatable bonds is 3. The second kappa shape index (κ2) is 5.27. The molecule has 0 aliphatic carbocycles. The van der Waals surface area contributed by atoms with Crippen molar-refractivity contribution in [3.8, 4) is 0 Å². The minimum atomic E-state index is 0.805. The molecule has 0 saturated heterocycles. The Bertz CT molecular complexity index is 514. The summed E-state index contributed by atoms with van der Waals surface area (Å²) in [4.78, 5) is 10.4. The van der Waals surface area contributed by atoms with E-state index in [1.807, 2.05) is 13.1 Å². The molecule has 2 aromatic rings. The molecular formula is C13H14BrN3. The summed E-state index contributed by atoms with van der Waals surface area (Å²) >= 11 is 3.35. The van der Waals surface area contributed by atoms with Crippen LogP contribution >= 0.6 is 15.9 Å². The molecule has 88 valence electrons. The number of hydrogen-bond donors (Lipinski definition) is 0. The van der Waals surface area contributed by atoms with E-state index >= 15 is 0 Å². The fourth-order valence-corrected chi connectivity index (χ4v) is 1.95. The Morgan fingerprint density at radius 1 is 1.24 bits per heavy atom. The summed E-state index contributed by atoms with van der Waals surface area (Å²) in [6.07, 6.45) is 1.56. The lowest BCUT2D eigenvalue weighted by molar-refractivity contribution is 0.882. The smallest absolute Gasteiger partial charge is 0.133 e. The van der Waals surface area contributed by atoms with Gasteiger partial charge >= 0.3 is 0 Å². The second-order valence-electron chi connectivity index (χ2n) is 3.98. The van der Waals surface area contributed by atoms with Crippen molar-refractivity contribution in [2.75, 3.05) is 11.9 Å². The predicted molar refractivity (Wildman–Crippen MR) is 73.0 cm³/mol. The van der Waals surface area contributed by atoms with Crippen LogP contribution in [0.3, 0.4) is 0 Å². The monoisotopic (exact) mass is 291 g/mol. The molecule has 17 heavy (non-hydrogen) atoms. The van der Waals surface area contributed by atoms with Crippen LogP contribution in [-0.4, -0.2) is 17.0 Å². The van der Waals surface area contributed by atoms with Gasteiger partial charge in [-0.25, -0.2) is 9.97 Å². The maximum absolute atomic E-state index is 4.25. The van der Waals surface area contributed by atoms with Crippen molar-refractivity contribution in [2.45, 2.75) is 13.5 Å². The van der Waals surface area contributed by atoms with Crippen LogP contribution in [0.2, 0.25) is 0 Å². The molecule has 1 aromatic carbocycles. The first-order chi connectivity index (χ1) is 8.16. The highest BCUT2D eigenvalue weighted by molar-refractivity contribution is 9.10. The first-order valence-corrected chi connectivity index (χ1v) is 6.19. The van der Waals surface area contributed by atoms with Gasteiger partial charge in [0.05, 0.1) is 0 Å². The van der Waals surface area contributed by atoms with Crippen LogP contribution < -0.4 is 4.90 Å². The fraction of sp³-hybridized carbons (Fsp3) is 0.231. The Morgan fingerprint density at radius 2 is 2.00 bits per heavy atom. The maximum atomic E-state index is 4.25. The molecule has 4 heteroatoms. The SMILES string of the molecule is Cc1ccccc1CN(C)c1cc(Br)ncn1. The molecule has 0 bridgehead atoms. The summed E-state index contributed by atoms with van der Waals surface area (Å²) in [6, 6.07) is 10.3. The lowest BCUT2D eigenvalue weighted by Gasteiger charge is -2.19. The van der Waals surface area contributed by atoms with Crippen LogP contribution in [0.25, 0.3) is 0 Å². The van der Waals surface area contributed by atoms with Crippen molar-refractivity contribution in [3.05, 3.63) is 52.4 Å². The number of aromatic nitrogens is 2. The minimum absolute atomic E-state index is 0.805. The number of halogens is 1. The summed E-state index contributed by atoms with van der Waals surface area (Å²) < 4.78 is 0.805. The third-order valence-electron chi connectivity index (χ3n) is 2.68. The molecule has 0 aliphatic heterocycles. The highest BCUT2D eigenvalue weighted by Gasteiger charge is 2.05. The van der Waals surface area contributed by atoms with E-state index in [-0.39, 0.29) is 0 Å².